The number of hydrogen-bond acceptors (Lipinski definition) is 3. The molecule has 1 aliphatic rings. The Morgan fingerprint density at radius 2 is 0.756 bits per heavy atom. The third kappa shape index (κ3) is 10.0. The molecule has 0 unspecified atom stereocenters. The summed E-state index contributed by atoms with van der Waals surface area (Å²) in [6.07, 6.45) is 2.03. The summed E-state index contributed by atoms with van der Waals surface area (Å²) < 4.78 is 2.44. The summed E-state index contributed by atoms with van der Waals surface area (Å²) in [5.74, 6) is 0.904. The maximum absolute atomic E-state index is 5.33. The van der Waals surface area contributed by atoms with Crippen molar-refractivity contribution in [2.75, 3.05) is 16.5 Å². The molecule has 0 N–H and O–H groups in total. The highest BCUT2D eigenvalue weighted by atomic mass is 15.4. The summed E-state index contributed by atoms with van der Waals surface area (Å²) >= 11 is 0. The van der Waals surface area contributed by atoms with Gasteiger partial charge in [-0.1, -0.05) is 245 Å². The van der Waals surface area contributed by atoms with Crippen molar-refractivity contribution in [3.63, 3.8) is 0 Å². The third-order valence-electron chi connectivity index (χ3n) is 17.9. The summed E-state index contributed by atoms with van der Waals surface area (Å²) in [5.41, 5.74) is 19.9. The van der Waals surface area contributed by atoms with E-state index in [2.05, 4.69) is 326 Å². The molecule has 418 valence electrons. The minimum Gasteiger partial charge on any atom is -0.321 e. The molecule has 0 aliphatic carbocycles. The van der Waals surface area contributed by atoms with E-state index in [0.29, 0.717) is 6.67 Å². The zero-order chi connectivity index (χ0) is 58.5. The van der Waals surface area contributed by atoms with Gasteiger partial charge in [0.15, 0.2) is 0 Å². The highest BCUT2D eigenvalue weighted by Crippen LogP contribution is 2.51. The SMILES string of the molecule is CC(C)(C)c1cc(N2CN(c3cccc(C(c4ccccc4)(c4ccccc4)c4ccc5c6cc(C(C)(C)C)ccc6n(-c6cc(C(C)(C)c7cc(C(C)(C)C)cc(C(C)(C)C)c7)ccn6)c5c4)c3)c3ccccc32)cc(C(C)(C)C)c1. The van der Waals surface area contributed by atoms with Crippen LogP contribution >= 0.6 is 0 Å². The molecule has 0 fully saturated rings. The fourth-order valence-electron chi connectivity index (χ4n) is 12.5. The Kier molecular flexibility index (Phi) is 13.7. The van der Waals surface area contributed by atoms with E-state index in [-0.39, 0.29) is 32.5 Å². The van der Waals surface area contributed by atoms with Crippen LogP contribution in [0.1, 0.15) is 179 Å². The molecule has 82 heavy (non-hydrogen) atoms. The molecule has 0 amide bonds. The van der Waals surface area contributed by atoms with E-state index in [1.165, 1.54) is 89.0 Å². The predicted octanol–water partition coefficient (Wildman–Crippen LogP) is 20.6. The van der Waals surface area contributed by atoms with Gasteiger partial charge in [0.1, 0.15) is 12.5 Å². The Hall–Kier alpha value is -7.69. The maximum Gasteiger partial charge on any atom is 0.137 e. The monoisotopic (exact) mass is 1080 g/mol. The van der Waals surface area contributed by atoms with Crippen molar-refractivity contribution in [1.29, 1.82) is 0 Å². The van der Waals surface area contributed by atoms with Gasteiger partial charge in [0.25, 0.3) is 0 Å². The Morgan fingerprint density at radius 3 is 1.29 bits per heavy atom. The van der Waals surface area contributed by atoms with E-state index in [4.69, 9.17) is 4.98 Å². The van der Waals surface area contributed by atoms with Crippen LogP contribution in [0, 0.1) is 0 Å². The molecule has 0 spiro atoms. The molecular formula is C78H86N4. The highest BCUT2D eigenvalue weighted by molar-refractivity contribution is 6.10. The lowest BCUT2D eigenvalue weighted by atomic mass is 9.65. The van der Waals surface area contributed by atoms with E-state index in [1.54, 1.807) is 0 Å². The van der Waals surface area contributed by atoms with Crippen LogP contribution in [0.3, 0.4) is 0 Å². The first-order chi connectivity index (χ1) is 38.5. The second kappa shape index (κ2) is 20.0. The molecule has 0 radical (unpaired) electrons. The Balaban J connectivity index is 1.13. The molecule has 8 aromatic carbocycles. The summed E-state index contributed by atoms with van der Waals surface area (Å²) in [5, 5.41) is 2.42. The summed E-state index contributed by atoms with van der Waals surface area (Å²) in [4.78, 5) is 10.4. The number of hydrogen-bond donors (Lipinski definition) is 0. The average Bonchev–Trinajstić information content (AvgIpc) is 2.13. The van der Waals surface area contributed by atoms with Crippen molar-refractivity contribution < 1.29 is 0 Å². The number of anilines is 4. The standard InChI is InChI=1S/C78H86N4/c1-72(2,3)54-36-38-67-66(48-54)65-37-35-57(49-70(65)82(67)71-50-55(39-40-79-71)77(16,17)62-43-58(73(4,5)6)41-59(44-62)74(7,8)9)78(52-27-20-18-21-28-52,53-29-22-19-23-30-53)56-31-26-32-63(45-56)80-51-81(69-34-25-24-33-68(69)80)64-46-60(75(10,11)12)42-61(47-64)76(13,14)15/h18-50H,51H2,1-17H3. The van der Waals surface area contributed by atoms with Crippen molar-refractivity contribution in [2.24, 2.45) is 0 Å². The van der Waals surface area contributed by atoms with Crippen molar-refractivity contribution in [3.05, 3.63) is 262 Å². The van der Waals surface area contributed by atoms with E-state index in [1.807, 2.05) is 6.20 Å². The molecular weight excluding hydrogens is 993 g/mol. The van der Waals surface area contributed by atoms with Gasteiger partial charge in [-0.25, -0.2) is 4.98 Å². The van der Waals surface area contributed by atoms with E-state index in [9.17, 15) is 0 Å². The number of rotatable bonds is 9. The molecule has 1 aliphatic heterocycles. The second-order valence-electron chi connectivity index (χ2n) is 29.2. The van der Waals surface area contributed by atoms with Gasteiger partial charge in [-0.3, -0.25) is 4.57 Å². The largest absolute Gasteiger partial charge is 0.321 e. The number of pyridine rings is 1. The minimum atomic E-state index is -0.744. The van der Waals surface area contributed by atoms with Crippen molar-refractivity contribution >= 4 is 44.6 Å². The zero-order valence-corrected chi connectivity index (χ0v) is 52.0. The molecule has 11 rings (SSSR count). The van der Waals surface area contributed by atoms with Gasteiger partial charge in [0.2, 0.25) is 0 Å². The molecule has 10 aromatic rings. The van der Waals surface area contributed by atoms with Gasteiger partial charge in [-0.15, -0.1) is 0 Å². The van der Waals surface area contributed by atoms with Gasteiger partial charge in [-0.05, 0) is 155 Å². The highest BCUT2D eigenvalue weighted by Gasteiger charge is 2.41. The molecule has 0 saturated carbocycles. The van der Waals surface area contributed by atoms with Gasteiger partial charge in [0, 0.05) is 33.8 Å². The molecule has 4 heteroatoms. The van der Waals surface area contributed by atoms with Gasteiger partial charge in [-0.2, -0.15) is 0 Å². The third-order valence-corrected chi connectivity index (χ3v) is 17.9. The molecule has 2 aromatic heterocycles. The number of aromatic nitrogens is 2. The van der Waals surface area contributed by atoms with Crippen LogP contribution in [0.25, 0.3) is 27.6 Å². The van der Waals surface area contributed by atoms with Gasteiger partial charge in [0.05, 0.1) is 27.8 Å². The number of para-hydroxylation sites is 2. The molecule has 3 heterocycles. The first-order valence-electron chi connectivity index (χ1n) is 29.8. The average molecular weight is 1080 g/mol. The quantitative estimate of drug-likeness (QED) is 0.135. The lowest BCUT2D eigenvalue weighted by Gasteiger charge is -2.37. The van der Waals surface area contributed by atoms with Crippen LogP contribution in [-0.4, -0.2) is 16.2 Å². The molecule has 4 nitrogen and oxygen atoms in total. The Bertz CT molecular complexity index is 3900. The summed E-state index contributed by atoms with van der Waals surface area (Å²) in [6, 6.07) is 74.3. The fourth-order valence-corrected chi connectivity index (χ4v) is 12.5. The Labute approximate surface area is 490 Å². The normalized spacial score (nSPS) is 13.8. The van der Waals surface area contributed by atoms with Crippen molar-refractivity contribution in [1.82, 2.24) is 9.55 Å². The van der Waals surface area contributed by atoms with Crippen LogP contribution < -0.4 is 9.80 Å². The lowest BCUT2D eigenvalue weighted by Crippen LogP contribution is -2.31. The number of fused-ring (bicyclic) bond motifs is 4. The molecule has 0 saturated heterocycles. The zero-order valence-electron chi connectivity index (χ0n) is 52.0. The maximum atomic E-state index is 5.33. The van der Waals surface area contributed by atoms with Crippen LogP contribution in [-0.2, 0) is 37.9 Å². The second-order valence-corrected chi connectivity index (χ2v) is 29.2. The molecule has 0 atom stereocenters. The summed E-state index contributed by atoms with van der Waals surface area (Å²) in [6.45, 7) is 40.3. The van der Waals surface area contributed by atoms with Gasteiger partial charge < -0.3 is 9.80 Å². The lowest BCUT2D eigenvalue weighted by molar-refractivity contribution is 0.557. The van der Waals surface area contributed by atoms with Crippen LogP contribution in [0.5, 0.6) is 0 Å². The first-order valence-corrected chi connectivity index (χ1v) is 29.8. The number of nitrogens with zero attached hydrogens (tertiary/aromatic N) is 4. The van der Waals surface area contributed by atoms with Crippen LogP contribution in [0.2, 0.25) is 0 Å². The van der Waals surface area contributed by atoms with E-state index >= 15 is 0 Å². The first kappa shape index (κ1) is 56.2. The number of benzene rings is 8. The van der Waals surface area contributed by atoms with E-state index in [0.717, 1.165) is 22.5 Å². The topological polar surface area (TPSA) is 24.3 Å². The minimum absolute atomic E-state index is 0.00515. The fraction of sp³-hybridized carbons (Fsp3) is 0.321. The Morgan fingerprint density at radius 1 is 0.305 bits per heavy atom. The smallest absolute Gasteiger partial charge is 0.137 e. The van der Waals surface area contributed by atoms with Crippen LogP contribution in [0.15, 0.2) is 200 Å². The summed E-state index contributed by atoms with van der Waals surface area (Å²) in [7, 11) is 0. The predicted molar refractivity (Wildman–Crippen MR) is 351 cm³/mol. The van der Waals surface area contributed by atoms with Gasteiger partial charge >= 0.3 is 0 Å². The van der Waals surface area contributed by atoms with Crippen molar-refractivity contribution in [2.45, 2.75) is 156 Å². The van der Waals surface area contributed by atoms with Crippen molar-refractivity contribution in [3.8, 4) is 5.82 Å². The van der Waals surface area contributed by atoms with Crippen LogP contribution in [0.4, 0.5) is 22.7 Å². The van der Waals surface area contributed by atoms with E-state index < -0.39 is 5.41 Å². The molecule has 0 bridgehead atoms.